The summed E-state index contributed by atoms with van der Waals surface area (Å²) in [5.74, 6) is -4.78. The molecule has 1 unspecified atom stereocenters. The van der Waals surface area contributed by atoms with E-state index in [1.807, 2.05) is 13.8 Å². The van der Waals surface area contributed by atoms with E-state index in [2.05, 4.69) is 0 Å². The van der Waals surface area contributed by atoms with Crippen LogP contribution in [0.15, 0.2) is 30.3 Å². The molecule has 0 fully saturated rings. The second-order valence-corrected chi connectivity index (χ2v) is 9.96. The van der Waals surface area contributed by atoms with Crippen LogP contribution in [0.2, 0.25) is 0 Å². The second kappa shape index (κ2) is 8.85. The molecule has 0 radical (unpaired) electrons. The van der Waals surface area contributed by atoms with Gasteiger partial charge in [0.05, 0.1) is 17.7 Å². The molecule has 0 saturated heterocycles. The molecular weight excluding hydrogens is 477 g/mol. The zero-order valence-electron chi connectivity index (χ0n) is 20.4. The first-order valence-electron chi connectivity index (χ1n) is 11.4. The van der Waals surface area contributed by atoms with E-state index >= 15 is 0 Å². The van der Waals surface area contributed by atoms with Crippen LogP contribution in [-0.2, 0) is 25.3 Å². The van der Waals surface area contributed by atoms with E-state index in [1.165, 1.54) is 24.0 Å². The maximum absolute atomic E-state index is 14.5. The van der Waals surface area contributed by atoms with Gasteiger partial charge in [0.2, 0.25) is 5.91 Å². The highest BCUT2D eigenvalue weighted by atomic mass is 19.2. The lowest BCUT2D eigenvalue weighted by molar-refractivity contribution is -0.144. The first-order chi connectivity index (χ1) is 16.7. The van der Waals surface area contributed by atoms with Gasteiger partial charge in [0.1, 0.15) is 18.1 Å². The van der Waals surface area contributed by atoms with E-state index in [0.717, 1.165) is 18.2 Å². The molecule has 2 heterocycles. The number of halogens is 3. The van der Waals surface area contributed by atoms with Gasteiger partial charge >= 0.3 is 5.97 Å². The van der Waals surface area contributed by atoms with Crippen molar-refractivity contribution >= 4 is 22.8 Å². The van der Waals surface area contributed by atoms with Crippen LogP contribution in [-0.4, -0.2) is 51.3 Å². The largest absolute Gasteiger partial charge is 0.507 e. The number of phenols is 1. The summed E-state index contributed by atoms with van der Waals surface area (Å²) in [4.78, 5) is 24.4. The number of fused-ring (bicyclic) bond motifs is 3. The number of phenolic OH excluding ortho intramolecular Hbond substituents is 1. The zero-order chi connectivity index (χ0) is 26.6. The van der Waals surface area contributed by atoms with Gasteiger partial charge in [0.15, 0.2) is 11.6 Å². The van der Waals surface area contributed by atoms with Crippen LogP contribution in [0.1, 0.15) is 45.4 Å². The first kappa shape index (κ1) is 25.6. The molecule has 0 bridgehead atoms. The summed E-state index contributed by atoms with van der Waals surface area (Å²) in [6, 6.07) is 5.52. The number of nitrogens with zero attached hydrogens (tertiary/aromatic N) is 2. The third-order valence-electron chi connectivity index (χ3n) is 6.73. The van der Waals surface area contributed by atoms with Gasteiger partial charge in [-0.25, -0.2) is 13.2 Å². The number of hydrogen-bond acceptors (Lipinski definition) is 4. The van der Waals surface area contributed by atoms with Crippen LogP contribution in [0.5, 0.6) is 5.75 Å². The summed E-state index contributed by atoms with van der Waals surface area (Å²) >= 11 is 0. The van der Waals surface area contributed by atoms with E-state index < -0.39 is 46.9 Å². The highest BCUT2D eigenvalue weighted by Gasteiger charge is 2.46. The lowest BCUT2D eigenvalue weighted by Crippen LogP contribution is -2.45. The molecule has 1 atom stereocenters. The molecule has 192 valence electrons. The van der Waals surface area contributed by atoms with Crippen LogP contribution in [0.3, 0.4) is 0 Å². The summed E-state index contributed by atoms with van der Waals surface area (Å²) in [5.41, 5.74) is -0.251. The van der Waals surface area contributed by atoms with Gasteiger partial charge in [-0.05, 0) is 31.5 Å². The molecule has 0 aliphatic carbocycles. The quantitative estimate of drug-likeness (QED) is 0.512. The summed E-state index contributed by atoms with van der Waals surface area (Å²) < 4.78 is 50.4. The monoisotopic (exact) mass is 504 g/mol. The average Bonchev–Trinajstić information content (AvgIpc) is 3.13. The Morgan fingerprint density at radius 2 is 1.81 bits per heavy atom. The van der Waals surface area contributed by atoms with Crippen molar-refractivity contribution in [2.45, 2.75) is 45.1 Å². The van der Waals surface area contributed by atoms with Crippen molar-refractivity contribution in [1.29, 1.82) is 0 Å². The maximum Gasteiger partial charge on any atom is 0.323 e. The lowest BCUT2D eigenvalue weighted by Gasteiger charge is -2.43. The number of carboxylic acid groups (broad SMARTS) is 1. The van der Waals surface area contributed by atoms with E-state index in [0.29, 0.717) is 11.3 Å². The number of aliphatic carboxylic acids is 1. The summed E-state index contributed by atoms with van der Waals surface area (Å²) in [6.07, 6.45) is 0.163. The number of benzene rings is 2. The number of carbonyl (C=O) groups excluding carboxylic acids is 1. The summed E-state index contributed by atoms with van der Waals surface area (Å²) in [7, 11) is 0. The average molecular weight is 505 g/mol. The van der Waals surface area contributed by atoms with Gasteiger partial charge < -0.3 is 24.4 Å². The van der Waals surface area contributed by atoms with Crippen LogP contribution in [0.4, 0.5) is 13.2 Å². The topological polar surface area (TPSA) is 92.0 Å². The van der Waals surface area contributed by atoms with Gasteiger partial charge in [0.25, 0.3) is 0 Å². The molecule has 0 spiro atoms. The molecule has 0 saturated carbocycles. The summed E-state index contributed by atoms with van der Waals surface area (Å²) in [6.45, 7) is 6.50. The molecule has 36 heavy (non-hydrogen) atoms. The molecule has 1 aromatic heterocycles. The number of rotatable bonds is 6. The standard InChI is InChI=1S/C26H27F3N2O5/c1-14(32)30(12-21(34)35)8-7-26(4)23-22-19(9-15(27)10-20(22)33)31(24(23)25(2,3)13-36-26)16-5-6-17(28)18(29)11-16/h5-6,9-11,33H,7-8,12-13H2,1-4H3,(H,34,35). The lowest BCUT2D eigenvalue weighted by atomic mass is 9.77. The third-order valence-corrected chi connectivity index (χ3v) is 6.73. The molecule has 7 nitrogen and oxygen atoms in total. The Kier molecular flexibility index (Phi) is 6.28. The van der Waals surface area contributed by atoms with E-state index in [1.54, 1.807) is 11.5 Å². The fraction of sp³-hybridized carbons (Fsp3) is 0.385. The maximum atomic E-state index is 14.5. The highest BCUT2D eigenvalue weighted by Crippen LogP contribution is 2.51. The van der Waals surface area contributed by atoms with E-state index in [-0.39, 0.29) is 41.9 Å². The Balaban J connectivity index is 1.99. The molecule has 1 amide bonds. The Morgan fingerprint density at radius 3 is 2.42 bits per heavy atom. The minimum Gasteiger partial charge on any atom is -0.507 e. The second-order valence-electron chi connectivity index (χ2n) is 9.96. The fourth-order valence-corrected chi connectivity index (χ4v) is 4.95. The molecule has 1 aliphatic rings. The molecular formula is C26H27F3N2O5. The Morgan fingerprint density at radius 1 is 1.11 bits per heavy atom. The van der Waals surface area contributed by atoms with Gasteiger partial charge in [-0.1, -0.05) is 13.8 Å². The Labute approximate surface area is 205 Å². The van der Waals surface area contributed by atoms with Crippen LogP contribution in [0.25, 0.3) is 16.6 Å². The Hall–Kier alpha value is -3.53. The van der Waals surface area contributed by atoms with Crippen molar-refractivity contribution in [3.8, 4) is 11.4 Å². The van der Waals surface area contributed by atoms with Gasteiger partial charge in [-0.2, -0.15) is 0 Å². The highest BCUT2D eigenvalue weighted by molar-refractivity contribution is 5.94. The SMILES string of the molecule is CC(=O)N(CCC1(C)OCC(C)(C)c2c1c1c(O)cc(F)cc1n2-c1ccc(F)c(F)c1)CC(=O)O. The minimum absolute atomic E-state index is 0.0395. The molecule has 3 aromatic rings. The number of amides is 1. The van der Waals surface area contributed by atoms with Crippen molar-refractivity contribution in [3.63, 3.8) is 0 Å². The number of aromatic nitrogens is 1. The molecule has 2 aromatic carbocycles. The van der Waals surface area contributed by atoms with E-state index in [4.69, 9.17) is 4.74 Å². The van der Waals surface area contributed by atoms with Crippen molar-refractivity contribution in [1.82, 2.24) is 9.47 Å². The van der Waals surface area contributed by atoms with Gasteiger partial charge in [0, 0.05) is 53.3 Å². The number of aromatic hydroxyl groups is 1. The molecule has 4 rings (SSSR count). The van der Waals surface area contributed by atoms with Gasteiger partial charge in [-0.15, -0.1) is 0 Å². The first-order valence-corrected chi connectivity index (χ1v) is 11.4. The number of carboxylic acids is 1. The van der Waals surface area contributed by atoms with Crippen LogP contribution < -0.4 is 0 Å². The predicted octanol–water partition coefficient (Wildman–Crippen LogP) is 4.60. The van der Waals surface area contributed by atoms with Gasteiger partial charge in [-0.3, -0.25) is 9.59 Å². The van der Waals surface area contributed by atoms with Crippen molar-refractivity contribution in [3.05, 3.63) is 59.0 Å². The number of ether oxygens (including phenoxy) is 1. The fourth-order valence-electron chi connectivity index (χ4n) is 4.95. The normalized spacial score (nSPS) is 18.8. The predicted molar refractivity (Wildman–Crippen MR) is 126 cm³/mol. The van der Waals surface area contributed by atoms with Crippen LogP contribution >= 0.6 is 0 Å². The Bertz CT molecular complexity index is 1380. The number of carbonyl (C=O) groups is 2. The minimum atomic E-state index is -1.16. The molecule has 2 N–H and O–H groups in total. The third kappa shape index (κ3) is 4.30. The number of hydrogen-bond donors (Lipinski definition) is 2. The zero-order valence-corrected chi connectivity index (χ0v) is 20.4. The molecule has 1 aliphatic heterocycles. The van der Waals surface area contributed by atoms with Crippen molar-refractivity contribution in [2.24, 2.45) is 0 Å². The van der Waals surface area contributed by atoms with Crippen LogP contribution in [0, 0.1) is 17.5 Å². The molecule has 10 heteroatoms. The van der Waals surface area contributed by atoms with E-state index in [9.17, 15) is 33.0 Å². The van der Waals surface area contributed by atoms with Crippen molar-refractivity contribution in [2.75, 3.05) is 19.7 Å². The smallest absolute Gasteiger partial charge is 0.323 e. The van der Waals surface area contributed by atoms with Crippen molar-refractivity contribution < 1.29 is 37.7 Å². The summed E-state index contributed by atoms with van der Waals surface area (Å²) in [5, 5.41) is 20.3.